The number of carbonyl (C=O) groups is 1. The van der Waals surface area contributed by atoms with E-state index in [0.717, 1.165) is 5.56 Å². The van der Waals surface area contributed by atoms with E-state index in [0.29, 0.717) is 5.56 Å². The van der Waals surface area contributed by atoms with Gasteiger partial charge in [-0.25, -0.2) is 0 Å². The Morgan fingerprint density at radius 2 is 1.61 bits per heavy atom. The van der Waals surface area contributed by atoms with Crippen molar-refractivity contribution < 1.29 is 14.1 Å². The van der Waals surface area contributed by atoms with Crippen LogP contribution in [0.5, 0.6) is 0 Å². The lowest BCUT2D eigenvalue weighted by Gasteiger charge is -2.19. The van der Waals surface area contributed by atoms with Crippen LogP contribution in [0.3, 0.4) is 0 Å². The lowest BCUT2D eigenvalue weighted by atomic mass is 9.87. The third kappa shape index (κ3) is 4.52. The molecule has 0 amide bonds. The molecule has 0 fully saturated rings. The minimum absolute atomic E-state index is 0.0608. The highest BCUT2D eigenvalue weighted by Gasteiger charge is 2.26. The van der Waals surface area contributed by atoms with Crippen LogP contribution in [0.2, 0.25) is 0 Å². The first-order valence-corrected chi connectivity index (χ1v) is 8.91. The zero-order valence-corrected chi connectivity index (χ0v) is 14.5. The van der Waals surface area contributed by atoms with Crippen molar-refractivity contribution in [1.29, 1.82) is 0 Å². The highest BCUT2D eigenvalue weighted by Crippen LogP contribution is 2.25. The summed E-state index contributed by atoms with van der Waals surface area (Å²) in [4.78, 5) is 11.5. The highest BCUT2D eigenvalue weighted by atomic mass is 32.2. The molecule has 4 heteroatoms. The van der Waals surface area contributed by atoms with E-state index in [4.69, 9.17) is 0 Å². The van der Waals surface area contributed by atoms with Gasteiger partial charge in [0.2, 0.25) is 0 Å². The molecule has 2 unspecified atom stereocenters. The van der Waals surface area contributed by atoms with E-state index in [1.54, 1.807) is 24.3 Å². The summed E-state index contributed by atoms with van der Waals surface area (Å²) >= 11 is 0. The molecule has 0 aliphatic heterocycles. The largest absolute Gasteiger partial charge is 0.480 e. The fourth-order valence-electron chi connectivity index (χ4n) is 2.38. The summed E-state index contributed by atoms with van der Waals surface area (Å²) in [5.41, 5.74) is 2.72. The van der Waals surface area contributed by atoms with Crippen LogP contribution in [0.4, 0.5) is 0 Å². The number of carboxylic acid groups (broad SMARTS) is 1. The van der Waals surface area contributed by atoms with Crippen molar-refractivity contribution in [1.82, 2.24) is 0 Å². The summed E-state index contributed by atoms with van der Waals surface area (Å²) in [6.45, 7) is 6.40. The zero-order chi connectivity index (χ0) is 17.0. The maximum Gasteiger partial charge on any atom is 0.323 e. The second-order valence-electron chi connectivity index (χ2n) is 6.60. The van der Waals surface area contributed by atoms with E-state index in [1.807, 2.05) is 30.3 Å². The quantitative estimate of drug-likeness (QED) is 0.899. The Kier molecular flexibility index (Phi) is 5.37. The third-order valence-corrected chi connectivity index (χ3v) is 5.34. The van der Waals surface area contributed by atoms with Crippen molar-refractivity contribution in [3.63, 3.8) is 0 Å². The zero-order valence-electron chi connectivity index (χ0n) is 13.7. The summed E-state index contributed by atoms with van der Waals surface area (Å²) in [6.07, 6.45) is 0. The van der Waals surface area contributed by atoms with E-state index in [9.17, 15) is 14.1 Å². The van der Waals surface area contributed by atoms with Crippen LogP contribution >= 0.6 is 0 Å². The van der Waals surface area contributed by atoms with Crippen LogP contribution < -0.4 is 0 Å². The van der Waals surface area contributed by atoms with Gasteiger partial charge in [-0.1, -0.05) is 75.4 Å². The fraction of sp³-hybridized carbons (Fsp3) is 0.316. The lowest BCUT2D eigenvalue weighted by Crippen LogP contribution is -2.18. The Bertz CT molecular complexity index is 685. The summed E-state index contributed by atoms with van der Waals surface area (Å²) in [7, 11) is -1.52. The molecule has 2 aromatic carbocycles. The Balaban J connectivity index is 2.18. The molecule has 2 atom stereocenters. The van der Waals surface area contributed by atoms with Crippen molar-refractivity contribution in [2.45, 2.75) is 37.2 Å². The number of carboxylic acids is 1. The minimum Gasteiger partial charge on any atom is -0.480 e. The van der Waals surface area contributed by atoms with E-state index in [2.05, 4.69) is 20.8 Å². The second-order valence-corrected chi connectivity index (χ2v) is 8.12. The van der Waals surface area contributed by atoms with Crippen LogP contribution in [-0.4, -0.2) is 15.3 Å². The van der Waals surface area contributed by atoms with Crippen LogP contribution in [0.1, 0.15) is 42.7 Å². The van der Waals surface area contributed by atoms with Gasteiger partial charge in [0.1, 0.15) is 0 Å². The first-order valence-electron chi connectivity index (χ1n) is 7.53. The number of benzene rings is 2. The molecule has 122 valence electrons. The summed E-state index contributed by atoms with van der Waals surface area (Å²) < 4.78 is 12.6. The molecular weight excluding hydrogens is 308 g/mol. The van der Waals surface area contributed by atoms with E-state index in [1.165, 1.54) is 5.56 Å². The average Bonchev–Trinajstić information content (AvgIpc) is 2.47. The molecule has 2 rings (SSSR count). The van der Waals surface area contributed by atoms with Crippen LogP contribution in [-0.2, 0) is 26.8 Å². The molecule has 0 spiro atoms. The van der Waals surface area contributed by atoms with Gasteiger partial charge in [0.15, 0.2) is 5.25 Å². The lowest BCUT2D eigenvalue weighted by molar-refractivity contribution is -0.136. The molecule has 2 aromatic rings. The first-order chi connectivity index (χ1) is 10.8. The summed E-state index contributed by atoms with van der Waals surface area (Å²) in [5, 5.41) is 8.43. The molecule has 0 saturated carbocycles. The van der Waals surface area contributed by atoms with Crippen molar-refractivity contribution in [2.75, 3.05) is 0 Å². The first kappa shape index (κ1) is 17.4. The van der Waals surface area contributed by atoms with Crippen LogP contribution in [0.25, 0.3) is 0 Å². The van der Waals surface area contributed by atoms with Gasteiger partial charge < -0.3 is 5.11 Å². The number of hydrogen-bond donors (Lipinski definition) is 1. The van der Waals surface area contributed by atoms with Crippen molar-refractivity contribution in [3.8, 4) is 0 Å². The van der Waals surface area contributed by atoms with E-state index >= 15 is 0 Å². The molecule has 0 aliphatic rings. The van der Waals surface area contributed by atoms with Gasteiger partial charge in [0.05, 0.1) is 0 Å². The smallest absolute Gasteiger partial charge is 0.323 e. The van der Waals surface area contributed by atoms with E-state index in [-0.39, 0.29) is 11.2 Å². The molecule has 0 saturated heterocycles. The van der Waals surface area contributed by atoms with Gasteiger partial charge in [-0.05, 0) is 22.1 Å². The predicted octanol–water partition coefficient (Wildman–Crippen LogP) is 4.06. The maximum atomic E-state index is 12.6. The SMILES string of the molecule is CC(C)(C)c1ccc(CS(=O)C(C(=O)O)c2ccccc2)cc1. The highest BCUT2D eigenvalue weighted by molar-refractivity contribution is 7.85. The third-order valence-electron chi connectivity index (χ3n) is 3.72. The van der Waals surface area contributed by atoms with Crippen molar-refractivity contribution in [2.24, 2.45) is 0 Å². The maximum absolute atomic E-state index is 12.6. The molecule has 23 heavy (non-hydrogen) atoms. The van der Waals surface area contributed by atoms with Crippen LogP contribution in [0.15, 0.2) is 54.6 Å². The van der Waals surface area contributed by atoms with Gasteiger partial charge in [-0.3, -0.25) is 9.00 Å². The van der Waals surface area contributed by atoms with Gasteiger partial charge in [0.25, 0.3) is 0 Å². The topological polar surface area (TPSA) is 54.4 Å². The molecule has 0 heterocycles. The Hall–Kier alpha value is -1.94. The average molecular weight is 330 g/mol. The van der Waals surface area contributed by atoms with Gasteiger partial charge in [0, 0.05) is 16.6 Å². The number of aliphatic carboxylic acids is 1. The standard InChI is InChI=1S/C19H22O3S/c1-19(2,3)16-11-9-14(10-12-16)13-23(22)17(18(20)21)15-7-5-4-6-8-15/h4-12,17H,13H2,1-3H3,(H,20,21). The molecule has 0 radical (unpaired) electrons. The number of rotatable bonds is 5. The molecule has 0 aliphatic carbocycles. The van der Waals surface area contributed by atoms with Gasteiger partial charge in [-0.15, -0.1) is 0 Å². The van der Waals surface area contributed by atoms with Gasteiger partial charge >= 0.3 is 5.97 Å². The second kappa shape index (κ2) is 7.09. The number of hydrogen-bond acceptors (Lipinski definition) is 2. The Labute approximate surface area is 139 Å². The predicted molar refractivity (Wildman–Crippen MR) is 93.8 cm³/mol. The molecule has 3 nitrogen and oxygen atoms in total. The van der Waals surface area contributed by atoms with Crippen molar-refractivity contribution >= 4 is 16.8 Å². The molecule has 1 N–H and O–H groups in total. The monoisotopic (exact) mass is 330 g/mol. The molecular formula is C19H22O3S. The summed E-state index contributed by atoms with van der Waals surface area (Å²) in [6, 6.07) is 16.7. The summed E-state index contributed by atoms with van der Waals surface area (Å²) in [5.74, 6) is -0.822. The molecule has 0 aromatic heterocycles. The van der Waals surface area contributed by atoms with Crippen LogP contribution in [0, 0.1) is 0 Å². The fourth-order valence-corrected chi connectivity index (χ4v) is 3.76. The Morgan fingerprint density at radius 1 is 1.04 bits per heavy atom. The normalized spacial score (nSPS) is 14.2. The van der Waals surface area contributed by atoms with Crippen molar-refractivity contribution in [3.05, 3.63) is 71.3 Å². The molecule has 0 bridgehead atoms. The minimum atomic E-state index is -1.52. The Morgan fingerprint density at radius 3 is 2.09 bits per heavy atom. The van der Waals surface area contributed by atoms with E-state index < -0.39 is 22.0 Å². The van der Waals surface area contributed by atoms with Gasteiger partial charge in [-0.2, -0.15) is 0 Å².